The zero-order valence-electron chi connectivity index (χ0n) is 9.66. The molecule has 1 heterocycles. The highest BCUT2D eigenvalue weighted by atomic mass is 19.1. The summed E-state index contributed by atoms with van der Waals surface area (Å²) >= 11 is 0. The summed E-state index contributed by atoms with van der Waals surface area (Å²) in [5.41, 5.74) is 0.774. The van der Waals surface area contributed by atoms with Crippen molar-refractivity contribution in [2.45, 2.75) is 6.92 Å². The van der Waals surface area contributed by atoms with Crippen LogP contribution in [0, 0.1) is 12.7 Å². The van der Waals surface area contributed by atoms with Crippen LogP contribution in [0.3, 0.4) is 0 Å². The molecule has 1 amide bonds. The Bertz CT molecular complexity index is 632. The van der Waals surface area contributed by atoms with Crippen LogP contribution in [0.5, 0.6) is 0 Å². The second-order valence-corrected chi connectivity index (χ2v) is 3.85. The van der Waals surface area contributed by atoms with Gasteiger partial charge in [-0.15, -0.1) is 0 Å². The number of rotatable bonds is 2. The molecule has 0 fully saturated rings. The minimum absolute atomic E-state index is 0.0184. The second-order valence-electron chi connectivity index (χ2n) is 3.85. The lowest BCUT2D eigenvalue weighted by molar-refractivity contribution is 0.102. The van der Waals surface area contributed by atoms with E-state index in [1.807, 2.05) is 0 Å². The summed E-state index contributed by atoms with van der Waals surface area (Å²) in [5.74, 6) is -0.913. The third kappa shape index (κ3) is 2.63. The predicted octanol–water partition coefficient (Wildman–Crippen LogP) is 2.07. The highest BCUT2D eigenvalue weighted by Crippen LogP contribution is 2.09. The summed E-state index contributed by atoms with van der Waals surface area (Å²) < 4.78 is 12.7. The molecule has 0 atom stereocenters. The van der Waals surface area contributed by atoms with Gasteiger partial charge in [0.15, 0.2) is 5.43 Å². The van der Waals surface area contributed by atoms with Crippen LogP contribution in [-0.4, -0.2) is 10.9 Å². The van der Waals surface area contributed by atoms with Crippen molar-refractivity contribution in [3.05, 3.63) is 63.8 Å². The fourth-order valence-corrected chi connectivity index (χ4v) is 1.48. The number of carbonyl (C=O) groups excluding carboxylic acids is 1. The number of benzene rings is 1. The highest BCUT2D eigenvalue weighted by molar-refractivity contribution is 6.03. The van der Waals surface area contributed by atoms with Gasteiger partial charge >= 0.3 is 0 Å². The smallest absolute Gasteiger partial charge is 0.261 e. The SMILES string of the molecule is Cc1cc(=O)c(C(=O)Nc2ccc(F)cc2)c[nH]1. The van der Waals surface area contributed by atoms with Crippen molar-refractivity contribution in [3.63, 3.8) is 0 Å². The highest BCUT2D eigenvalue weighted by Gasteiger charge is 2.10. The minimum Gasteiger partial charge on any atom is -0.364 e. The zero-order chi connectivity index (χ0) is 13.1. The van der Waals surface area contributed by atoms with Crippen molar-refractivity contribution in [1.29, 1.82) is 0 Å². The van der Waals surface area contributed by atoms with Gasteiger partial charge in [-0.1, -0.05) is 0 Å². The van der Waals surface area contributed by atoms with Crippen LogP contribution < -0.4 is 10.7 Å². The van der Waals surface area contributed by atoms with Gasteiger partial charge in [-0.05, 0) is 31.2 Å². The van der Waals surface area contributed by atoms with Crippen molar-refractivity contribution in [3.8, 4) is 0 Å². The number of anilines is 1. The topological polar surface area (TPSA) is 62.0 Å². The van der Waals surface area contributed by atoms with E-state index < -0.39 is 5.91 Å². The number of carbonyl (C=O) groups is 1. The van der Waals surface area contributed by atoms with Gasteiger partial charge in [0.25, 0.3) is 5.91 Å². The number of amides is 1. The maximum atomic E-state index is 12.7. The molecule has 0 bridgehead atoms. The molecule has 0 unspecified atom stereocenters. The summed E-state index contributed by atoms with van der Waals surface area (Å²) in [6.45, 7) is 1.73. The average Bonchev–Trinajstić information content (AvgIpc) is 2.32. The summed E-state index contributed by atoms with van der Waals surface area (Å²) in [6.07, 6.45) is 1.36. The molecule has 0 spiro atoms. The lowest BCUT2D eigenvalue weighted by atomic mass is 10.2. The summed E-state index contributed by atoms with van der Waals surface area (Å²) in [6, 6.07) is 6.66. The molecule has 1 aromatic carbocycles. The minimum atomic E-state index is -0.525. The lowest BCUT2D eigenvalue weighted by Gasteiger charge is -2.04. The van der Waals surface area contributed by atoms with E-state index in [0.29, 0.717) is 11.4 Å². The number of aromatic amines is 1. The van der Waals surface area contributed by atoms with E-state index in [0.717, 1.165) is 0 Å². The van der Waals surface area contributed by atoms with Gasteiger partial charge in [-0.2, -0.15) is 0 Å². The molecule has 0 aliphatic heterocycles. The Balaban J connectivity index is 2.22. The first-order valence-corrected chi connectivity index (χ1v) is 5.32. The maximum absolute atomic E-state index is 12.7. The summed E-state index contributed by atoms with van der Waals surface area (Å²) in [5, 5.41) is 2.52. The number of aryl methyl sites for hydroxylation is 1. The molecule has 92 valence electrons. The summed E-state index contributed by atoms with van der Waals surface area (Å²) in [4.78, 5) is 26.2. The molecule has 2 N–H and O–H groups in total. The number of pyridine rings is 1. The predicted molar refractivity (Wildman–Crippen MR) is 66.2 cm³/mol. The van der Waals surface area contributed by atoms with Crippen molar-refractivity contribution in [1.82, 2.24) is 4.98 Å². The fraction of sp³-hybridized carbons (Fsp3) is 0.0769. The third-order valence-electron chi connectivity index (χ3n) is 2.40. The van der Waals surface area contributed by atoms with Crippen molar-refractivity contribution in [2.24, 2.45) is 0 Å². The van der Waals surface area contributed by atoms with Crippen molar-refractivity contribution in [2.75, 3.05) is 5.32 Å². The van der Waals surface area contributed by atoms with Crippen LogP contribution in [0.2, 0.25) is 0 Å². The standard InChI is InChI=1S/C13H11FN2O2/c1-8-6-12(17)11(7-15-8)13(18)16-10-4-2-9(14)3-5-10/h2-7H,1H3,(H,15,17)(H,16,18). The number of halogens is 1. The fourth-order valence-electron chi connectivity index (χ4n) is 1.48. The first-order chi connectivity index (χ1) is 8.56. The number of H-pyrrole nitrogens is 1. The molecular formula is C13H11FN2O2. The maximum Gasteiger partial charge on any atom is 0.261 e. The molecule has 18 heavy (non-hydrogen) atoms. The quantitative estimate of drug-likeness (QED) is 0.852. The van der Waals surface area contributed by atoms with Gasteiger partial charge in [-0.3, -0.25) is 9.59 Å². The molecular weight excluding hydrogens is 235 g/mol. The molecule has 0 aliphatic carbocycles. The van der Waals surface area contributed by atoms with Gasteiger partial charge in [0.2, 0.25) is 0 Å². The van der Waals surface area contributed by atoms with Gasteiger partial charge in [0, 0.05) is 23.6 Å². The van der Waals surface area contributed by atoms with E-state index in [2.05, 4.69) is 10.3 Å². The molecule has 5 heteroatoms. The Morgan fingerprint density at radius 2 is 1.94 bits per heavy atom. The summed E-state index contributed by atoms with van der Waals surface area (Å²) in [7, 11) is 0. The molecule has 2 rings (SSSR count). The van der Waals surface area contributed by atoms with Gasteiger partial charge in [0.1, 0.15) is 11.4 Å². The van der Waals surface area contributed by atoms with Crippen LogP contribution in [0.25, 0.3) is 0 Å². The first kappa shape index (κ1) is 12.0. The van der Waals surface area contributed by atoms with Crippen molar-refractivity contribution < 1.29 is 9.18 Å². The molecule has 1 aromatic heterocycles. The molecule has 0 saturated carbocycles. The van der Waals surface area contributed by atoms with Gasteiger partial charge < -0.3 is 10.3 Å². The van der Waals surface area contributed by atoms with Crippen LogP contribution in [0.1, 0.15) is 16.1 Å². The van der Waals surface area contributed by atoms with Crippen LogP contribution in [0.4, 0.5) is 10.1 Å². The molecule has 0 saturated heterocycles. The Morgan fingerprint density at radius 1 is 1.28 bits per heavy atom. The van der Waals surface area contributed by atoms with E-state index in [-0.39, 0.29) is 16.8 Å². The van der Waals surface area contributed by atoms with Gasteiger partial charge in [-0.25, -0.2) is 4.39 Å². The number of hydrogen-bond acceptors (Lipinski definition) is 2. The normalized spacial score (nSPS) is 10.1. The number of aromatic nitrogens is 1. The van der Waals surface area contributed by atoms with Crippen LogP contribution >= 0.6 is 0 Å². The monoisotopic (exact) mass is 246 g/mol. The first-order valence-electron chi connectivity index (χ1n) is 5.32. The number of nitrogens with one attached hydrogen (secondary N) is 2. The third-order valence-corrected chi connectivity index (χ3v) is 2.40. The molecule has 0 radical (unpaired) electrons. The Hall–Kier alpha value is -2.43. The molecule has 4 nitrogen and oxygen atoms in total. The van der Waals surface area contributed by atoms with Crippen LogP contribution in [0.15, 0.2) is 41.3 Å². The zero-order valence-corrected chi connectivity index (χ0v) is 9.66. The molecule has 2 aromatic rings. The van der Waals surface area contributed by atoms with E-state index in [4.69, 9.17) is 0 Å². The number of hydrogen-bond donors (Lipinski definition) is 2. The van der Waals surface area contributed by atoms with E-state index >= 15 is 0 Å². The Labute approximate surface area is 102 Å². The van der Waals surface area contributed by atoms with Crippen molar-refractivity contribution >= 4 is 11.6 Å². The Morgan fingerprint density at radius 3 is 2.56 bits per heavy atom. The van der Waals surface area contributed by atoms with Gasteiger partial charge in [0.05, 0.1) is 0 Å². The Kier molecular flexibility index (Phi) is 3.23. The average molecular weight is 246 g/mol. The van der Waals surface area contributed by atoms with Crippen LogP contribution in [-0.2, 0) is 0 Å². The van der Waals surface area contributed by atoms with E-state index in [1.54, 1.807) is 6.92 Å². The lowest BCUT2D eigenvalue weighted by Crippen LogP contribution is -2.21. The largest absolute Gasteiger partial charge is 0.364 e. The van der Waals surface area contributed by atoms with E-state index in [1.165, 1.54) is 36.5 Å². The molecule has 0 aliphatic rings. The van der Waals surface area contributed by atoms with E-state index in [9.17, 15) is 14.0 Å². The second kappa shape index (κ2) is 4.83.